The molecule has 0 unspecified atom stereocenters. The monoisotopic (exact) mass is 324 g/mol. The molecule has 4 nitrogen and oxygen atoms in total. The number of rotatable bonds is 3. The molecule has 0 amide bonds. The molecule has 4 rings (SSSR count). The van der Waals surface area contributed by atoms with Crippen molar-refractivity contribution in [3.63, 3.8) is 0 Å². The maximum absolute atomic E-state index is 13.1. The molecule has 0 spiro atoms. The number of anilines is 1. The maximum atomic E-state index is 13.1. The van der Waals surface area contributed by atoms with E-state index in [0.29, 0.717) is 6.54 Å². The molecule has 0 saturated heterocycles. The van der Waals surface area contributed by atoms with Crippen molar-refractivity contribution in [3.05, 3.63) is 71.9 Å². The first kappa shape index (κ1) is 14.4. The van der Waals surface area contributed by atoms with Crippen LogP contribution in [0.25, 0.3) is 11.1 Å². The Labute approximate surface area is 137 Å². The minimum atomic E-state index is -0.278. The van der Waals surface area contributed by atoms with E-state index < -0.39 is 0 Å². The average Bonchev–Trinajstić information content (AvgIpc) is 3.01. The molecule has 2 N–H and O–H groups in total. The highest BCUT2D eigenvalue weighted by atomic mass is 19.1. The second-order valence-electron chi connectivity index (χ2n) is 5.53. The molecule has 1 aromatic heterocycles. The average molecular weight is 324 g/mol. The summed E-state index contributed by atoms with van der Waals surface area (Å²) < 4.78 is 26.1. The molecule has 0 saturated carbocycles. The molecule has 0 bridgehead atoms. The summed E-state index contributed by atoms with van der Waals surface area (Å²) in [7, 11) is 0. The van der Waals surface area contributed by atoms with Gasteiger partial charge in [0.25, 0.3) is 0 Å². The summed E-state index contributed by atoms with van der Waals surface area (Å²) in [6.45, 7) is 0.576. The molecule has 24 heavy (non-hydrogen) atoms. The van der Waals surface area contributed by atoms with E-state index in [0.717, 1.165) is 28.2 Å². The number of halogens is 2. The van der Waals surface area contributed by atoms with Gasteiger partial charge in [0.05, 0.1) is 12.2 Å². The Morgan fingerprint density at radius 1 is 0.958 bits per heavy atom. The van der Waals surface area contributed by atoms with Gasteiger partial charge in [-0.15, -0.1) is 0 Å². The first-order valence-electron chi connectivity index (χ1n) is 7.48. The second-order valence-corrected chi connectivity index (χ2v) is 5.53. The number of aromatic amines is 1. The molecule has 6 heteroatoms. The van der Waals surface area contributed by atoms with Crippen LogP contribution in [-0.4, -0.2) is 16.3 Å². The lowest BCUT2D eigenvalue weighted by Gasteiger charge is -2.25. The van der Waals surface area contributed by atoms with Gasteiger partial charge in [0.2, 0.25) is 0 Å². The van der Waals surface area contributed by atoms with Gasteiger partial charge in [0.1, 0.15) is 23.8 Å². The van der Waals surface area contributed by atoms with Crippen LogP contribution in [0.4, 0.5) is 20.3 Å². The minimum absolute atomic E-state index is 0.263. The number of aromatic nitrogens is 1. The van der Waals surface area contributed by atoms with Crippen LogP contribution >= 0.6 is 0 Å². The van der Waals surface area contributed by atoms with Crippen LogP contribution in [0.1, 0.15) is 5.56 Å². The number of hydrogen-bond acceptors (Lipinski definition) is 3. The quantitative estimate of drug-likeness (QED) is 0.747. The number of aliphatic imine (C=N–C) groups is 1. The fourth-order valence-corrected chi connectivity index (χ4v) is 2.70. The predicted octanol–water partition coefficient (Wildman–Crippen LogP) is 4.46. The molecular weight excluding hydrogens is 310 g/mol. The highest BCUT2D eigenvalue weighted by Crippen LogP contribution is 2.33. The molecule has 0 atom stereocenters. The van der Waals surface area contributed by atoms with Crippen molar-refractivity contribution in [1.82, 2.24) is 9.99 Å². The molecule has 3 aromatic rings. The molecule has 1 aliphatic rings. The number of benzene rings is 2. The molecule has 120 valence electrons. The Balaban J connectivity index is 1.59. The van der Waals surface area contributed by atoms with Crippen molar-refractivity contribution in [3.8, 4) is 11.1 Å². The molecule has 2 aromatic carbocycles. The van der Waals surface area contributed by atoms with Crippen molar-refractivity contribution in [1.29, 1.82) is 0 Å². The van der Waals surface area contributed by atoms with Crippen LogP contribution in [0.3, 0.4) is 0 Å². The summed E-state index contributed by atoms with van der Waals surface area (Å²) in [5, 5.41) is 1.82. The molecule has 1 aliphatic heterocycles. The van der Waals surface area contributed by atoms with E-state index >= 15 is 0 Å². The SMILES string of the molecule is Fc1ccc(NN2C=Nc3[nH]cc(-c4ccc(F)cc4)c3C2)cc1. The summed E-state index contributed by atoms with van der Waals surface area (Å²) in [6.07, 6.45) is 3.55. The Hall–Kier alpha value is -3.15. The van der Waals surface area contributed by atoms with E-state index in [1.54, 1.807) is 30.6 Å². The normalized spacial score (nSPS) is 13.0. The van der Waals surface area contributed by atoms with Crippen LogP contribution in [-0.2, 0) is 6.54 Å². The van der Waals surface area contributed by atoms with E-state index in [4.69, 9.17) is 0 Å². The number of nitrogens with zero attached hydrogens (tertiary/aromatic N) is 2. The highest BCUT2D eigenvalue weighted by Gasteiger charge is 2.18. The van der Waals surface area contributed by atoms with E-state index in [-0.39, 0.29) is 11.6 Å². The van der Waals surface area contributed by atoms with Crippen molar-refractivity contribution < 1.29 is 8.78 Å². The van der Waals surface area contributed by atoms with E-state index in [2.05, 4.69) is 15.4 Å². The summed E-state index contributed by atoms with van der Waals surface area (Å²) in [5.74, 6) is 0.242. The fraction of sp³-hybridized carbons (Fsp3) is 0.0556. The molecule has 0 radical (unpaired) electrons. The van der Waals surface area contributed by atoms with Gasteiger partial charge in [-0.3, -0.25) is 10.4 Å². The summed E-state index contributed by atoms with van der Waals surface area (Å²) in [4.78, 5) is 7.52. The Morgan fingerprint density at radius 3 is 2.33 bits per heavy atom. The first-order valence-corrected chi connectivity index (χ1v) is 7.48. The Bertz CT molecular complexity index is 882. The Morgan fingerprint density at radius 2 is 1.62 bits per heavy atom. The molecular formula is C18H14F2N4. The van der Waals surface area contributed by atoms with Crippen LogP contribution < -0.4 is 5.43 Å². The zero-order valence-electron chi connectivity index (χ0n) is 12.6. The molecule has 0 aliphatic carbocycles. The Kier molecular flexibility index (Phi) is 3.49. The smallest absolute Gasteiger partial charge is 0.137 e. The summed E-state index contributed by atoms with van der Waals surface area (Å²) >= 11 is 0. The van der Waals surface area contributed by atoms with Gasteiger partial charge >= 0.3 is 0 Å². The topological polar surface area (TPSA) is 43.4 Å². The fourth-order valence-electron chi connectivity index (χ4n) is 2.70. The number of hydrogen-bond donors (Lipinski definition) is 2. The van der Waals surface area contributed by atoms with E-state index in [9.17, 15) is 8.78 Å². The third-order valence-electron chi connectivity index (χ3n) is 3.89. The minimum Gasteiger partial charge on any atom is -0.346 e. The molecule has 0 fully saturated rings. The van der Waals surface area contributed by atoms with Crippen LogP contribution in [0.15, 0.2) is 59.7 Å². The zero-order valence-corrected chi connectivity index (χ0v) is 12.6. The van der Waals surface area contributed by atoms with Gasteiger partial charge in [-0.05, 0) is 42.0 Å². The number of H-pyrrole nitrogens is 1. The van der Waals surface area contributed by atoms with Gasteiger partial charge in [0.15, 0.2) is 0 Å². The second kappa shape index (κ2) is 5.81. The van der Waals surface area contributed by atoms with Gasteiger partial charge in [-0.25, -0.2) is 13.8 Å². The lowest BCUT2D eigenvalue weighted by Crippen LogP contribution is -2.29. The maximum Gasteiger partial charge on any atom is 0.137 e. The van der Waals surface area contributed by atoms with Crippen LogP contribution in [0, 0.1) is 11.6 Å². The standard InChI is InChI=1S/C18H14F2N4/c19-13-3-1-12(2-4-13)16-9-21-18-17(16)10-24(11-22-18)23-15-7-5-14(20)6-8-15/h1-9,11,21,23H,10H2. The summed E-state index contributed by atoms with van der Waals surface area (Å²) in [5.41, 5.74) is 6.85. The lowest BCUT2D eigenvalue weighted by atomic mass is 10.0. The lowest BCUT2D eigenvalue weighted by molar-refractivity contribution is 0.500. The first-order chi connectivity index (χ1) is 11.7. The van der Waals surface area contributed by atoms with Crippen molar-refractivity contribution in [2.45, 2.75) is 6.54 Å². The molecule has 2 heterocycles. The van der Waals surface area contributed by atoms with Gasteiger partial charge < -0.3 is 4.98 Å². The van der Waals surface area contributed by atoms with E-state index in [1.165, 1.54) is 24.3 Å². The van der Waals surface area contributed by atoms with Crippen molar-refractivity contribution in [2.24, 2.45) is 4.99 Å². The number of fused-ring (bicyclic) bond motifs is 1. The van der Waals surface area contributed by atoms with Gasteiger partial charge in [-0.2, -0.15) is 0 Å². The van der Waals surface area contributed by atoms with Crippen molar-refractivity contribution >= 4 is 17.8 Å². The van der Waals surface area contributed by atoms with Gasteiger partial charge in [0, 0.05) is 17.3 Å². The van der Waals surface area contributed by atoms with Crippen LogP contribution in [0.2, 0.25) is 0 Å². The number of hydrazine groups is 1. The van der Waals surface area contributed by atoms with E-state index in [1.807, 2.05) is 11.2 Å². The predicted molar refractivity (Wildman–Crippen MR) is 89.9 cm³/mol. The van der Waals surface area contributed by atoms with Gasteiger partial charge in [-0.1, -0.05) is 12.1 Å². The highest BCUT2D eigenvalue weighted by molar-refractivity contribution is 5.77. The van der Waals surface area contributed by atoms with Crippen LogP contribution in [0.5, 0.6) is 0 Å². The number of nitrogens with one attached hydrogen (secondary N) is 2. The summed E-state index contributed by atoms with van der Waals surface area (Å²) in [6, 6.07) is 12.5. The van der Waals surface area contributed by atoms with Crippen molar-refractivity contribution in [2.75, 3.05) is 5.43 Å². The zero-order chi connectivity index (χ0) is 16.5. The third-order valence-corrected chi connectivity index (χ3v) is 3.89. The third kappa shape index (κ3) is 2.74. The largest absolute Gasteiger partial charge is 0.346 e.